The van der Waals surface area contributed by atoms with E-state index in [1.165, 1.54) is 12.8 Å². The standard InChI is InChI=1S/C21H26N4O3/c26-20(14-24-12-6-11-18(24)21(27)28)22-19-13-17(15-7-4-5-8-15)23-25(19)16-9-2-1-3-10-16/h1-3,9-10,13,15,18H,4-8,11-12,14H2,(H,22,26)(H,27,28)/t18-/m0/s1. The number of aromatic nitrogens is 2. The maximum atomic E-state index is 12.7. The highest BCUT2D eigenvalue weighted by atomic mass is 16.4. The summed E-state index contributed by atoms with van der Waals surface area (Å²) in [5.41, 5.74) is 1.91. The van der Waals surface area contributed by atoms with Crippen molar-refractivity contribution in [2.45, 2.75) is 50.5 Å². The van der Waals surface area contributed by atoms with E-state index >= 15 is 0 Å². The van der Waals surface area contributed by atoms with E-state index in [-0.39, 0.29) is 12.5 Å². The van der Waals surface area contributed by atoms with Crippen LogP contribution in [0, 0.1) is 0 Å². The molecule has 1 aromatic heterocycles. The van der Waals surface area contributed by atoms with E-state index in [0.717, 1.165) is 30.6 Å². The molecule has 2 heterocycles. The van der Waals surface area contributed by atoms with Crippen LogP contribution in [0.15, 0.2) is 36.4 Å². The monoisotopic (exact) mass is 382 g/mol. The summed E-state index contributed by atoms with van der Waals surface area (Å²) in [6.07, 6.45) is 6.10. The highest BCUT2D eigenvalue weighted by Gasteiger charge is 2.32. The Morgan fingerprint density at radius 3 is 2.57 bits per heavy atom. The third-order valence-electron chi connectivity index (χ3n) is 5.77. The predicted molar refractivity (Wildman–Crippen MR) is 106 cm³/mol. The summed E-state index contributed by atoms with van der Waals surface area (Å²) < 4.78 is 1.78. The zero-order valence-electron chi connectivity index (χ0n) is 15.9. The van der Waals surface area contributed by atoms with E-state index in [9.17, 15) is 14.7 Å². The second-order valence-corrected chi connectivity index (χ2v) is 7.70. The maximum absolute atomic E-state index is 12.7. The van der Waals surface area contributed by atoms with Crippen molar-refractivity contribution in [3.8, 4) is 5.69 Å². The van der Waals surface area contributed by atoms with Crippen LogP contribution < -0.4 is 5.32 Å². The van der Waals surface area contributed by atoms with Gasteiger partial charge in [0.05, 0.1) is 17.9 Å². The Balaban J connectivity index is 1.54. The van der Waals surface area contributed by atoms with Crippen LogP contribution in [0.1, 0.15) is 50.1 Å². The van der Waals surface area contributed by atoms with Gasteiger partial charge in [0.2, 0.25) is 5.91 Å². The van der Waals surface area contributed by atoms with Crippen LogP contribution in [-0.4, -0.2) is 50.8 Å². The van der Waals surface area contributed by atoms with Gasteiger partial charge in [-0.05, 0) is 44.4 Å². The summed E-state index contributed by atoms with van der Waals surface area (Å²) in [6, 6.07) is 11.2. The molecule has 1 saturated heterocycles. The molecule has 4 rings (SSSR count). The normalized spacial score (nSPS) is 20.5. The van der Waals surface area contributed by atoms with Gasteiger partial charge in [-0.2, -0.15) is 5.10 Å². The number of amides is 1. The molecule has 2 N–H and O–H groups in total. The van der Waals surface area contributed by atoms with Gasteiger partial charge in [-0.1, -0.05) is 31.0 Å². The molecule has 7 nitrogen and oxygen atoms in total. The van der Waals surface area contributed by atoms with Crippen LogP contribution in [0.4, 0.5) is 5.82 Å². The first-order valence-electron chi connectivity index (χ1n) is 10.0. The van der Waals surface area contributed by atoms with Gasteiger partial charge in [0, 0.05) is 12.0 Å². The number of nitrogens with one attached hydrogen (secondary N) is 1. The van der Waals surface area contributed by atoms with Gasteiger partial charge < -0.3 is 10.4 Å². The fourth-order valence-corrected chi connectivity index (χ4v) is 4.34. The van der Waals surface area contributed by atoms with E-state index in [1.807, 2.05) is 36.4 Å². The number of rotatable bonds is 6. The number of aliphatic carboxylic acids is 1. The predicted octanol–water partition coefficient (Wildman–Crippen LogP) is 3.02. The van der Waals surface area contributed by atoms with Gasteiger partial charge in [-0.15, -0.1) is 0 Å². The van der Waals surface area contributed by atoms with Crippen molar-refractivity contribution in [1.82, 2.24) is 14.7 Å². The number of nitrogens with zero attached hydrogens (tertiary/aromatic N) is 3. The summed E-state index contributed by atoms with van der Waals surface area (Å²) in [5.74, 6) is 0.0195. The molecule has 1 saturated carbocycles. The van der Waals surface area contributed by atoms with Crippen LogP contribution in [0.2, 0.25) is 0 Å². The smallest absolute Gasteiger partial charge is 0.320 e. The van der Waals surface area contributed by atoms with Gasteiger partial charge in [0.1, 0.15) is 11.9 Å². The molecule has 148 valence electrons. The molecule has 2 aromatic rings. The minimum Gasteiger partial charge on any atom is -0.480 e. The molecule has 0 bridgehead atoms. The summed E-state index contributed by atoms with van der Waals surface area (Å²) in [4.78, 5) is 25.8. The lowest BCUT2D eigenvalue weighted by atomic mass is 10.0. The van der Waals surface area contributed by atoms with E-state index in [1.54, 1.807) is 9.58 Å². The molecule has 1 aliphatic heterocycles. The van der Waals surface area contributed by atoms with Crippen molar-refractivity contribution in [2.24, 2.45) is 0 Å². The molecule has 1 atom stereocenters. The summed E-state index contributed by atoms with van der Waals surface area (Å²) in [7, 11) is 0. The van der Waals surface area contributed by atoms with Gasteiger partial charge in [-0.3, -0.25) is 14.5 Å². The maximum Gasteiger partial charge on any atom is 0.320 e. The highest BCUT2D eigenvalue weighted by Crippen LogP contribution is 2.35. The van der Waals surface area contributed by atoms with Crippen LogP contribution in [0.25, 0.3) is 5.69 Å². The Bertz CT molecular complexity index is 843. The molecule has 7 heteroatoms. The SMILES string of the molecule is O=C(CN1CCC[C@H]1C(=O)O)Nc1cc(C2CCCC2)nn1-c1ccccc1. The van der Waals surface area contributed by atoms with Crippen LogP contribution in [0.3, 0.4) is 0 Å². The minimum atomic E-state index is -0.858. The Kier molecular flexibility index (Phi) is 5.43. The third-order valence-corrected chi connectivity index (χ3v) is 5.77. The van der Waals surface area contributed by atoms with E-state index < -0.39 is 12.0 Å². The Labute approximate surface area is 164 Å². The van der Waals surface area contributed by atoms with Crippen LogP contribution in [0.5, 0.6) is 0 Å². The summed E-state index contributed by atoms with van der Waals surface area (Å²) in [5, 5.41) is 17.1. The van der Waals surface area contributed by atoms with Gasteiger partial charge in [0.25, 0.3) is 0 Å². The topological polar surface area (TPSA) is 87.5 Å². The first-order chi connectivity index (χ1) is 13.6. The number of hydrogen-bond donors (Lipinski definition) is 2. The number of carboxylic acid groups (broad SMARTS) is 1. The van der Waals surface area contributed by atoms with Crippen molar-refractivity contribution in [2.75, 3.05) is 18.4 Å². The Morgan fingerprint density at radius 1 is 1.11 bits per heavy atom. The first-order valence-corrected chi connectivity index (χ1v) is 10.0. The molecule has 1 aliphatic carbocycles. The number of anilines is 1. The molecule has 0 spiro atoms. The second-order valence-electron chi connectivity index (χ2n) is 7.70. The molecule has 28 heavy (non-hydrogen) atoms. The number of carbonyl (C=O) groups excluding carboxylic acids is 1. The minimum absolute atomic E-state index is 0.0791. The first kappa shape index (κ1) is 18.7. The van der Waals surface area contributed by atoms with E-state index in [4.69, 9.17) is 5.10 Å². The number of hydrogen-bond acceptors (Lipinski definition) is 4. The summed E-state index contributed by atoms with van der Waals surface area (Å²) in [6.45, 7) is 0.714. The average molecular weight is 382 g/mol. The van der Waals surface area contributed by atoms with Crippen LogP contribution >= 0.6 is 0 Å². The number of para-hydroxylation sites is 1. The fourth-order valence-electron chi connectivity index (χ4n) is 4.34. The van der Waals surface area contributed by atoms with Crippen molar-refractivity contribution < 1.29 is 14.7 Å². The third kappa shape index (κ3) is 3.94. The number of carbonyl (C=O) groups is 2. The fraction of sp³-hybridized carbons (Fsp3) is 0.476. The van der Waals surface area contributed by atoms with Crippen molar-refractivity contribution in [1.29, 1.82) is 0 Å². The molecule has 1 amide bonds. The van der Waals surface area contributed by atoms with Crippen molar-refractivity contribution >= 4 is 17.7 Å². The van der Waals surface area contributed by atoms with Gasteiger partial charge in [-0.25, -0.2) is 4.68 Å². The summed E-state index contributed by atoms with van der Waals surface area (Å²) >= 11 is 0. The zero-order valence-corrected chi connectivity index (χ0v) is 15.9. The van der Waals surface area contributed by atoms with Gasteiger partial charge in [0.15, 0.2) is 0 Å². The molecule has 0 radical (unpaired) electrons. The molecule has 1 aromatic carbocycles. The zero-order chi connectivity index (χ0) is 19.5. The lowest BCUT2D eigenvalue weighted by Crippen LogP contribution is -2.41. The number of carboxylic acids is 1. The molecule has 2 aliphatic rings. The largest absolute Gasteiger partial charge is 0.480 e. The number of benzene rings is 1. The lowest BCUT2D eigenvalue weighted by Gasteiger charge is -2.20. The number of likely N-dealkylation sites (tertiary alicyclic amines) is 1. The average Bonchev–Trinajstić information content (AvgIpc) is 3.43. The van der Waals surface area contributed by atoms with Gasteiger partial charge >= 0.3 is 5.97 Å². The molecule has 2 fully saturated rings. The molecular weight excluding hydrogens is 356 g/mol. The van der Waals surface area contributed by atoms with Crippen LogP contribution in [-0.2, 0) is 9.59 Å². The van der Waals surface area contributed by atoms with E-state index in [0.29, 0.717) is 24.7 Å². The molecule has 0 unspecified atom stereocenters. The molecular formula is C21H26N4O3. The van der Waals surface area contributed by atoms with E-state index in [2.05, 4.69) is 5.32 Å². The Hall–Kier alpha value is -2.67. The quantitative estimate of drug-likeness (QED) is 0.802. The van der Waals surface area contributed by atoms with Crippen molar-refractivity contribution in [3.63, 3.8) is 0 Å². The Morgan fingerprint density at radius 2 is 1.86 bits per heavy atom. The second kappa shape index (κ2) is 8.14. The lowest BCUT2D eigenvalue weighted by molar-refractivity contribution is -0.142. The highest BCUT2D eigenvalue weighted by molar-refractivity contribution is 5.92. The van der Waals surface area contributed by atoms with Crippen molar-refractivity contribution in [3.05, 3.63) is 42.1 Å².